The van der Waals surface area contributed by atoms with Gasteiger partial charge >= 0.3 is 0 Å². The maximum atomic E-state index is 13.3. The first-order chi connectivity index (χ1) is 10.0. The maximum Gasteiger partial charge on any atom is 0.255 e. The van der Waals surface area contributed by atoms with Gasteiger partial charge in [-0.3, -0.25) is 4.79 Å². The number of rotatable bonds is 5. The fourth-order valence-electron chi connectivity index (χ4n) is 1.82. The Balaban J connectivity index is 3.00. The minimum absolute atomic E-state index is 0.116. The smallest absolute Gasteiger partial charge is 0.255 e. The zero-order valence-corrected chi connectivity index (χ0v) is 13.5. The second-order valence-corrected chi connectivity index (χ2v) is 5.73. The molecular weight excluding hydrogens is 287 g/mol. The van der Waals surface area contributed by atoms with Crippen LogP contribution in [0.25, 0.3) is 0 Å². The van der Waals surface area contributed by atoms with Gasteiger partial charge in [0.1, 0.15) is 5.82 Å². The lowest BCUT2D eigenvalue weighted by atomic mass is 10.1. The van der Waals surface area contributed by atoms with E-state index in [9.17, 15) is 9.18 Å². The first kappa shape index (κ1) is 17.5. The molecule has 2 N–H and O–H groups in total. The maximum absolute atomic E-state index is 13.3. The largest absolute Gasteiger partial charge is 0.339 e. The molecule has 0 aliphatic carbocycles. The van der Waals surface area contributed by atoms with Gasteiger partial charge < -0.3 is 10.6 Å². The van der Waals surface area contributed by atoms with Gasteiger partial charge in [0, 0.05) is 18.7 Å². The second kappa shape index (κ2) is 8.71. The average molecular weight is 308 g/mol. The Morgan fingerprint density at radius 2 is 2.24 bits per heavy atom. The van der Waals surface area contributed by atoms with Crippen molar-refractivity contribution in [2.45, 2.75) is 19.4 Å². The molecular formula is C16H21FN2OS. The van der Waals surface area contributed by atoms with E-state index in [1.807, 2.05) is 13.2 Å². The predicted molar refractivity (Wildman–Crippen MR) is 86.9 cm³/mol. The summed E-state index contributed by atoms with van der Waals surface area (Å²) >= 11 is 1.75. The lowest BCUT2D eigenvalue weighted by Crippen LogP contribution is -2.35. The molecule has 1 amide bonds. The van der Waals surface area contributed by atoms with Gasteiger partial charge in [-0.2, -0.15) is 11.8 Å². The number of carbonyl (C=O) groups excluding carboxylic acids is 1. The van der Waals surface area contributed by atoms with E-state index in [2.05, 4.69) is 11.8 Å². The van der Waals surface area contributed by atoms with Crippen molar-refractivity contribution in [2.24, 2.45) is 5.73 Å². The highest BCUT2D eigenvalue weighted by molar-refractivity contribution is 7.98. The monoisotopic (exact) mass is 308 g/mol. The number of nitrogens with two attached hydrogens (primary N) is 1. The molecule has 1 rings (SSSR count). The van der Waals surface area contributed by atoms with Crippen molar-refractivity contribution in [3.05, 3.63) is 35.1 Å². The number of amides is 1. The summed E-state index contributed by atoms with van der Waals surface area (Å²) in [6.45, 7) is 2.17. The van der Waals surface area contributed by atoms with Crippen LogP contribution in [0.15, 0.2) is 18.2 Å². The van der Waals surface area contributed by atoms with Crippen molar-refractivity contribution in [1.82, 2.24) is 4.90 Å². The SMILES string of the molecule is CSCCC(C)N(C)C(=O)c1ccc(F)cc1C#CCN. The van der Waals surface area contributed by atoms with E-state index in [-0.39, 0.29) is 18.5 Å². The third-order valence-corrected chi connectivity index (χ3v) is 3.90. The van der Waals surface area contributed by atoms with E-state index >= 15 is 0 Å². The molecule has 1 atom stereocenters. The van der Waals surface area contributed by atoms with Crippen LogP contribution in [0.1, 0.15) is 29.3 Å². The molecule has 0 spiro atoms. The number of hydrogen-bond donors (Lipinski definition) is 1. The normalized spacial score (nSPS) is 11.5. The molecule has 0 aliphatic heterocycles. The molecule has 0 aromatic heterocycles. The Morgan fingerprint density at radius 3 is 2.86 bits per heavy atom. The summed E-state index contributed by atoms with van der Waals surface area (Å²) in [6, 6.07) is 4.15. The van der Waals surface area contributed by atoms with Crippen molar-refractivity contribution in [3.63, 3.8) is 0 Å². The Morgan fingerprint density at radius 1 is 1.52 bits per heavy atom. The number of nitrogens with zero attached hydrogens (tertiary/aromatic N) is 1. The highest BCUT2D eigenvalue weighted by Gasteiger charge is 2.19. The average Bonchev–Trinajstić information content (AvgIpc) is 2.49. The molecule has 1 unspecified atom stereocenters. The van der Waals surface area contributed by atoms with Crippen LogP contribution < -0.4 is 5.73 Å². The summed E-state index contributed by atoms with van der Waals surface area (Å²) in [4.78, 5) is 14.2. The van der Waals surface area contributed by atoms with E-state index in [1.54, 1.807) is 23.7 Å². The molecule has 0 aliphatic rings. The quantitative estimate of drug-likeness (QED) is 0.849. The first-order valence-electron chi connectivity index (χ1n) is 6.75. The van der Waals surface area contributed by atoms with Gasteiger partial charge in [0.2, 0.25) is 0 Å². The van der Waals surface area contributed by atoms with Crippen molar-refractivity contribution in [3.8, 4) is 11.8 Å². The molecule has 0 bridgehead atoms. The van der Waals surface area contributed by atoms with Crippen LogP contribution in [-0.2, 0) is 0 Å². The van der Waals surface area contributed by atoms with Crippen molar-refractivity contribution in [2.75, 3.05) is 25.6 Å². The van der Waals surface area contributed by atoms with Gasteiger partial charge in [0.05, 0.1) is 12.1 Å². The highest BCUT2D eigenvalue weighted by atomic mass is 32.2. The molecule has 0 saturated heterocycles. The van der Waals surface area contributed by atoms with Crippen LogP contribution >= 0.6 is 11.8 Å². The number of halogens is 1. The standard InChI is InChI=1S/C16H21FN2OS/c1-12(8-10-21-3)19(2)16(20)15-7-6-14(17)11-13(15)5-4-9-18/h6-7,11-12H,8-10,18H2,1-3H3. The molecule has 0 saturated carbocycles. The number of thioether (sulfide) groups is 1. The van der Waals surface area contributed by atoms with Crippen molar-refractivity contribution < 1.29 is 9.18 Å². The molecule has 114 valence electrons. The second-order valence-electron chi connectivity index (χ2n) is 4.74. The lowest BCUT2D eigenvalue weighted by Gasteiger charge is -2.25. The molecule has 5 heteroatoms. The van der Waals surface area contributed by atoms with Crippen LogP contribution in [-0.4, -0.2) is 42.4 Å². The Hall–Kier alpha value is -1.51. The summed E-state index contributed by atoms with van der Waals surface area (Å²) in [5, 5.41) is 0. The minimum Gasteiger partial charge on any atom is -0.339 e. The Labute approximate surface area is 130 Å². The summed E-state index contributed by atoms with van der Waals surface area (Å²) < 4.78 is 13.3. The van der Waals surface area contributed by atoms with Crippen LogP contribution in [0.2, 0.25) is 0 Å². The fraction of sp³-hybridized carbons (Fsp3) is 0.438. The topological polar surface area (TPSA) is 46.3 Å². The zero-order valence-electron chi connectivity index (χ0n) is 12.6. The van der Waals surface area contributed by atoms with Crippen LogP contribution in [0.3, 0.4) is 0 Å². The molecule has 0 radical (unpaired) electrons. The van der Waals surface area contributed by atoms with Crippen molar-refractivity contribution >= 4 is 17.7 Å². The van der Waals surface area contributed by atoms with E-state index < -0.39 is 5.82 Å². The number of carbonyl (C=O) groups is 1. The number of hydrogen-bond acceptors (Lipinski definition) is 3. The number of benzene rings is 1. The van der Waals surface area contributed by atoms with E-state index in [4.69, 9.17) is 5.73 Å². The van der Waals surface area contributed by atoms with Crippen LogP contribution in [0.4, 0.5) is 4.39 Å². The molecule has 1 aromatic rings. The summed E-state index contributed by atoms with van der Waals surface area (Å²) in [7, 11) is 1.76. The van der Waals surface area contributed by atoms with Crippen LogP contribution in [0.5, 0.6) is 0 Å². The molecule has 0 fully saturated rings. The first-order valence-corrected chi connectivity index (χ1v) is 8.15. The zero-order chi connectivity index (χ0) is 15.8. The van der Waals surface area contributed by atoms with Crippen LogP contribution in [0, 0.1) is 17.7 Å². The molecule has 3 nitrogen and oxygen atoms in total. The lowest BCUT2D eigenvalue weighted by molar-refractivity contribution is 0.0741. The van der Waals surface area contributed by atoms with Gasteiger partial charge in [-0.1, -0.05) is 11.8 Å². The van der Waals surface area contributed by atoms with E-state index in [0.717, 1.165) is 12.2 Å². The van der Waals surface area contributed by atoms with E-state index in [1.165, 1.54) is 18.2 Å². The summed E-state index contributed by atoms with van der Waals surface area (Å²) in [5.74, 6) is 5.86. The minimum atomic E-state index is -0.411. The van der Waals surface area contributed by atoms with Gasteiger partial charge in [0.15, 0.2) is 0 Å². The Bertz CT molecular complexity index is 551. The third kappa shape index (κ3) is 5.07. The van der Waals surface area contributed by atoms with Crippen molar-refractivity contribution in [1.29, 1.82) is 0 Å². The van der Waals surface area contributed by atoms with Gasteiger partial charge in [-0.05, 0) is 43.6 Å². The summed E-state index contributed by atoms with van der Waals surface area (Å²) in [6.07, 6.45) is 2.95. The Kier molecular flexibility index (Phi) is 7.27. The molecule has 1 aromatic carbocycles. The highest BCUT2D eigenvalue weighted by Crippen LogP contribution is 2.15. The van der Waals surface area contributed by atoms with Gasteiger partial charge in [-0.15, -0.1) is 0 Å². The van der Waals surface area contributed by atoms with Gasteiger partial charge in [0.25, 0.3) is 5.91 Å². The molecule has 0 heterocycles. The summed E-state index contributed by atoms with van der Waals surface area (Å²) in [5.41, 5.74) is 6.13. The van der Waals surface area contributed by atoms with Gasteiger partial charge in [-0.25, -0.2) is 4.39 Å². The molecule has 21 heavy (non-hydrogen) atoms. The fourth-order valence-corrected chi connectivity index (χ4v) is 2.40. The third-order valence-electron chi connectivity index (χ3n) is 3.26. The predicted octanol–water partition coefficient (Wildman–Crippen LogP) is 2.35. The van der Waals surface area contributed by atoms with E-state index in [0.29, 0.717) is 11.1 Å².